The molecule has 1 saturated heterocycles. The number of nitrogens with one attached hydrogen (secondary N) is 3. The van der Waals surface area contributed by atoms with E-state index in [0.29, 0.717) is 0 Å². The second kappa shape index (κ2) is 8.12. The van der Waals surface area contributed by atoms with E-state index in [2.05, 4.69) is 46.7 Å². The average Bonchev–Trinajstić information content (AvgIpc) is 2.72. The van der Waals surface area contributed by atoms with Crippen molar-refractivity contribution < 1.29 is 14.5 Å². The molecule has 1 atom stereocenters. The normalized spacial score (nSPS) is 33.2. The highest BCUT2D eigenvalue weighted by Gasteiger charge is 2.51. The van der Waals surface area contributed by atoms with Crippen LogP contribution >= 0.6 is 0 Å². The smallest absolute Gasteiger partial charge is 0.322 e. The number of piperazine rings is 1. The first kappa shape index (κ1) is 20.8. The largest absolute Gasteiger partial charge is 0.360 e. The minimum Gasteiger partial charge on any atom is -0.360 e. The summed E-state index contributed by atoms with van der Waals surface area (Å²) in [6.07, 6.45) is 7.33. The molecule has 0 aromatic heterocycles. The molecule has 31 heavy (non-hydrogen) atoms. The van der Waals surface area contributed by atoms with E-state index in [-0.39, 0.29) is 23.5 Å². The molecule has 3 N–H and O–H groups in total. The van der Waals surface area contributed by atoms with Gasteiger partial charge in [0.25, 0.3) is 5.91 Å². The van der Waals surface area contributed by atoms with Crippen molar-refractivity contribution in [1.29, 1.82) is 0 Å². The highest BCUT2D eigenvalue weighted by Crippen LogP contribution is 2.55. The fraction of sp³-hybridized carbons (Fsp3) is 0.680. The van der Waals surface area contributed by atoms with Gasteiger partial charge in [0.2, 0.25) is 0 Å². The van der Waals surface area contributed by atoms with Gasteiger partial charge in [0.15, 0.2) is 6.04 Å². The monoisotopic (exact) mass is 425 g/mol. The van der Waals surface area contributed by atoms with E-state index in [0.717, 1.165) is 63.2 Å². The van der Waals surface area contributed by atoms with E-state index in [9.17, 15) is 9.59 Å². The predicted molar refractivity (Wildman–Crippen MR) is 121 cm³/mol. The molecule has 0 radical (unpaired) electrons. The third-order valence-electron chi connectivity index (χ3n) is 8.52. The van der Waals surface area contributed by atoms with E-state index < -0.39 is 0 Å². The Hall–Kier alpha value is -2.08. The van der Waals surface area contributed by atoms with Gasteiger partial charge in [-0.1, -0.05) is 18.2 Å². The van der Waals surface area contributed by atoms with Crippen LogP contribution in [-0.2, 0) is 4.79 Å². The van der Waals surface area contributed by atoms with Crippen molar-refractivity contribution in [3.05, 3.63) is 29.8 Å². The molecule has 4 bridgehead atoms. The summed E-state index contributed by atoms with van der Waals surface area (Å²) in [5, 5.41) is 5.94. The molecule has 5 fully saturated rings. The summed E-state index contributed by atoms with van der Waals surface area (Å²) in [5.74, 6) is 2.17. The van der Waals surface area contributed by atoms with Crippen LogP contribution in [0.15, 0.2) is 24.3 Å². The fourth-order valence-electron chi connectivity index (χ4n) is 7.33. The molecule has 0 spiro atoms. The maximum atomic E-state index is 12.8. The molecule has 1 aromatic rings. The number of aryl methyl sites for hydroxylation is 1. The zero-order valence-electron chi connectivity index (χ0n) is 19.0. The first-order valence-electron chi connectivity index (χ1n) is 12.2. The highest BCUT2D eigenvalue weighted by molar-refractivity contribution is 5.96. The lowest BCUT2D eigenvalue weighted by molar-refractivity contribution is -0.914. The van der Waals surface area contributed by atoms with Crippen LogP contribution in [0.3, 0.4) is 0 Å². The molecule has 4 saturated carbocycles. The SMILES string of the molecule is Cc1ccccc1N1CC[NH+]([C@@H](C)C(=O)NC(=O)NC23CC4CC(CC(C4)C2)C3)CC1. The minimum absolute atomic E-state index is 0.0611. The fourth-order valence-corrected chi connectivity index (χ4v) is 7.33. The number of carbonyl (C=O) groups excluding carboxylic acids is 2. The number of carbonyl (C=O) groups is 2. The number of para-hydroxylation sites is 1. The number of nitrogens with zero attached hydrogens (tertiary/aromatic N) is 1. The van der Waals surface area contributed by atoms with Gasteiger partial charge in [0, 0.05) is 11.2 Å². The van der Waals surface area contributed by atoms with Gasteiger partial charge in [-0.05, 0) is 81.8 Å². The van der Waals surface area contributed by atoms with Crippen molar-refractivity contribution in [2.45, 2.75) is 64.0 Å². The Balaban J connectivity index is 1.12. The molecule has 1 aromatic carbocycles. The lowest BCUT2D eigenvalue weighted by Crippen LogP contribution is -3.19. The van der Waals surface area contributed by atoms with Gasteiger partial charge < -0.3 is 15.1 Å². The number of rotatable bonds is 4. The van der Waals surface area contributed by atoms with Gasteiger partial charge in [0.1, 0.15) is 0 Å². The number of hydrogen-bond donors (Lipinski definition) is 3. The molecule has 0 unspecified atom stereocenters. The van der Waals surface area contributed by atoms with Gasteiger partial charge in [-0.3, -0.25) is 10.1 Å². The van der Waals surface area contributed by atoms with Gasteiger partial charge in [-0.15, -0.1) is 0 Å². The number of imide groups is 1. The summed E-state index contributed by atoms with van der Waals surface area (Å²) < 4.78 is 0. The number of amides is 3. The van der Waals surface area contributed by atoms with Gasteiger partial charge in [-0.2, -0.15) is 0 Å². The predicted octanol–water partition coefficient (Wildman–Crippen LogP) is 1.88. The van der Waals surface area contributed by atoms with E-state index in [1.165, 1.54) is 35.4 Å². The quantitative estimate of drug-likeness (QED) is 0.690. The molecule has 1 aliphatic heterocycles. The van der Waals surface area contributed by atoms with Crippen LogP contribution in [0.1, 0.15) is 51.0 Å². The summed E-state index contributed by atoms with van der Waals surface area (Å²) >= 11 is 0. The Labute approximate surface area is 185 Å². The van der Waals surface area contributed by atoms with Crippen molar-refractivity contribution >= 4 is 17.6 Å². The molecule has 6 heteroatoms. The molecule has 6 nitrogen and oxygen atoms in total. The highest BCUT2D eigenvalue weighted by atomic mass is 16.2. The van der Waals surface area contributed by atoms with E-state index in [4.69, 9.17) is 0 Å². The standard InChI is InChI=1S/C25H36N4O2/c1-17-5-3-4-6-22(17)29-9-7-28(8-10-29)18(2)23(30)26-24(31)27-25-14-19-11-20(15-25)13-21(12-19)16-25/h3-6,18-21H,7-16H2,1-2H3,(H2,26,27,30,31)/p+1/t18-,19?,20?,21?,25?/m0/s1. The summed E-state index contributed by atoms with van der Waals surface area (Å²) in [7, 11) is 0. The molecule has 1 heterocycles. The van der Waals surface area contributed by atoms with Gasteiger partial charge >= 0.3 is 6.03 Å². The summed E-state index contributed by atoms with van der Waals surface area (Å²) in [5.41, 5.74) is 2.51. The van der Waals surface area contributed by atoms with E-state index >= 15 is 0 Å². The molecule has 6 rings (SSSR count). The third kappa shape index (κ3) is 4.19. The van der Waals surface area contributed by atoms with Crippen molar-refractivity contribution in [3.63, 3.8) is 0 Å². The Kier molecular flexibility index (Phi) is 5.45. The zero-order valence-corrected chi connectivity index (χ0v) is 19.0. The molecule has 168 valence electrons. The van der Waals surface area contributed by atoms with E-state index in [1.807, 2.05) is 6.92 Å². The van der Waals surface area contributed by atoms with Crippen LogP contribution in [0.25, 0.3) is 0 Å². The lowest BCUT2D eigenvalue weighted by atomic mass is 9.53. The van der Waals surface area contributed by atoms with Crippen LogP contribution in [0.4, 0.5) is 10.5 Å². The number of urea groups is 1. The van der Waals surface area contributed by atoms with Crippen LogP contribution in [0, 0.1) is 24.7 Å². The molecule has 5 aliphatic rings. The van der Waals surface area contributed by atoms with Crippen molar-refractivity contribution in [2.24, 2.45) is 17.8 Å². The van der Waals surface area contributed by atoms with Crippen molar-refractivity contribution in [1.82, 2.24) is 10.6 Å². The maximum Gasteiger partial charge on any atom is 0.322 e. The van der Waals surface area contributed by atoms with E-state index in [1.54, 1.807) is 0 Å². The first-order valence-corrected chi connectivity index (χ1v) is 12.2. The van der Waals surface area contributed by atoms with Gasteiger partial charge in [-0.25, -0.2) is 4.79 Å². The summed E-state index contributed by atoms with van der Waals surface area (Å²) in [6.45, 7) is 7.76. The average molecular weight is 426 g/mol. The Morgan fingerprint density at radius 1 is 1.03 bits per heavy atom. The Bertz CT molecular complexity index is 810. The van der Waals surface area contributed by atoms with Crippen LogP contribution < -0.4 is 20.4 Å². The second-order valence-electron chi connectivity index (χ2n) is 10.8. The first-order chi connectivity index (χ1) is 14.9. The zero-order chi connectivity index (χ0) is 21.6. The third-order valence-corrected chi connectivity index (χ3v) is 8.52. The number of hydrogen-bond acceptors (Lipinski definition) is 3. The Morgan fingerprint density at radius 3 is 2.19 bits per heavy atom. The molecular formula is C25H37N4O2+. The second-order valence-corrected chi connectivity index (χ2v) is 10.8. The Morgan fingerprint density at radius 2 is 1.61 bits per heavy atom. The number of benzene rings is 1. The minimum atomic E-state index is -0.281. The molecule has 4 aliphatic carbocycles. The van der Waals surface area contributed by atoms with Crippen molar-refractivity contribution in [3.8, 4) is 0 Å². The molecular weight excluding hydrogens is 388 g/mol. The number of anilines is 1. The van der Waals surface area contributed by atoms with Gasteiger partial charge in [0.05, 0.1) is 26.2 Å². The summed E-state index contributed by atoms with van der Waals surface area (Å²) in [4.78, 5) is 29.2. The van der Waals surface area contributed by atoms with Crippen LogP contribution in [-0.4, -0.2) is 49.7 Å². The van der Waals surface area contributed by atoms with Crippen molar-refractivity contribution in [2.75, 3.05) is 31.1 Å². The van der Waals surface area contributed by atoms with Crippen LogP contribution in [0.5, 0.6) is 0 Å². The lowest BCUT2D eigenvalue weighted by Gasteiger charge is -2.56. The molecule has 3 amide bonds. The number of quaternary nitrogens is 1. The topological polar surface area (TPSA) is 65.9 Å². The van der Waals surface area contributed by atoms with Crippen LogP contribution in [0.2, 0.25) is 0 Å². The summed E-state index contributed by atoms with van der Waals surface area (Å²) in [6, 6.07) is 7.97. The maximum absolute atomic E-state index is 12.8.